The molecule has 4 nitrogen and oxygen atoms in total. The van der Waals surface area contributed by atoms with E-state index in [9.17, 15) is 17.2 Å². The van der Waals surface area contributed by atoms with Gasteiger partial charge in [0.2, 0.25) is 0 Å². The SMILES string of the molecule is N#CCCCCOc1c(F)cc(F)cc1S(=O)(=O)Cl. The van der Waals surface area contributed by atoms with Crippen molar-refractivity contribution < 1.29 is 21.9 Å². The predicted molar refractivity (Wildman–Crippen MR) is 64.4 cm³/mol. The molecule has 0 atom stereocenters. The van der Waals surface area contributed by atoms with Crippen molar-refractivity contribution in [2.45, 2.75) is 24.2 Å². The van der Waals surface area contributed by atoms with E-state index in [-0.39, 0.29) is 6.61 Å². The zero-order chi connectivity index (χ0) is 14.5. The van der Waals surface area contributed by atoms with Crippen LogP contribution in [0.4, 0.5) is 8.78 Å². The van der Waals surface area contributed by atoms with Gasteiger partial charge in [0.25, 0.3) is 9.05 Å². The number of benzene rings is 1. The minimum absolute atomic E-state index is 0.00361. The molecule has 0 unspecified atom stereocenters. The molecule has 8 heteroatoms. The fourth-order valence-electron chi connectivity index (χ4n) is 1.34. The number of rotatable bonds is 6. The molecular formula is C11H10ClF2NO3S. The largest absolute Gasteiger partial charge is 0.489 e. The monoisotopic (exact) mass is 309 g/mol. The minimum Gasteiger partial charge on any atom is -0.489 e. The number of nitrogens with zero attached hydrogens (tertiary/aromatic N) is 1. The summed E-state index contributed by atoms with van der Waals surface area (Å²) >= 11 is 0. The van der Waals surface area contributed by atoms with E-state index in [0.717, 1.165) is 0 Å². The van der Waals surface area contributed by atoms with Crippen LogP contribution in [0.25, 0.3) is 0 Å². The molecule has 1 aromatic carbocycles. The summed E-state index contributed by atoms with van der Waals surface area (Å²) in [5, 5.41) is 8.32. The molecule has 0 aromatic heterocycles. The number of hydrogen-bond acceptors (Lipinski definition) is 4. The van der Waals surface area contributed by atoms with Gasteiger partial charge < -0.3 is 4.74 Å². The lowest BCUT2D eigenvalue weighted by atomic mass is 10.2. The van der Waals surface area contributed by atoms with Gasteiger partial charge in [0.05, 0.1) is 12.7 Å². The molecule has 0 fully saturated rings. The van der Waals surface area contributed by atoms with Crippen molar-refractivity contribution >= 4 is 19.7 Å². The number of unbranched alkanes of at least 4 members (excludes halogenated alkanes) is 2. The van der Waals surface area contributed by atoms with Crippen LogP contribution in [0.5, 0.6) is 5.75 Å². The second kappa shape index (κ2) is 6.68. The Morgan fingerprint density at radius 3 is 2.58 bits per heavy atom. The lowest BCUT2D eigenvalue weighted by molar-refractivity contribution is 0.283. The zero-order valence-electron chi connectivity index (χ0n) is 9.70. The summed E-state index contributed by atoms with van der Waals surface area (Å²) in [4.78, 5) is -0.744. The van der Waals surface area contributed by atoms with Crippen molar-refractivity contribution in [3.63, 3.8) is 0 Å². The fourth-order valence-corrected chi connectivity index (χ4v) is 2.31. The maximum Gasteiger partial charge on any atom is 0.265 e. The molecule has 1 rings (SSSR count). The van der Waals surface area contributed by atoms with Gasteiger partial charge in [-0.2, -0.15) is 5.26 Å². The molecule has 19 heavy (non-hydrogen) atoms. The van der Waals surface area contributed by atoms with Crippen molar-refractivity contribution in [1.29, 1.82) is 5.26 Å². The third-order valence-electron chi connectivity index (χ3n) is 2.17. The van der Waals surface area contributed by atoms with Gasteiger partial charge in [0, 0.05) is 23.2 Å². The molecule has 0 aliphatic heterocycles. The van der Waals surface area contributed by atoms with Crippen molar-refractivity contribution in [1.82, 2.24) is 0 Å². The van der Waals surface area contributed by atoms with Crippen molar-refractivity contribution in [3.8, 4) is 11.8 Å². The summed E-state index contributed by atoms with van der Waals surface area (Å²) in [6.45, 7) is 0.00361. The van der Waals surface area contributed by atoms with E-state index in [2.05, 4.69) is 0 Å². The Kier molecular flexibility index (Phi) is 5.51. The number of ether oxygens (including phenoxy) is 1. The van der Waals surface area contributed by atoms with E-state index in [1.807, 2.05) is 6.07 Å². The number of hydrogen-bond donors (Lipinski definition) is 0. The summed E-state index contributed by atoms with van der Waals surface area (Å²) in [7, 11) is 0.775. The molecule has 0 radical (unpaired) electrons. The highest BCUT2D eigenvalue weighted by Gasteiger charge is 2.22. The van der Waals surface area contributed by atoms with Crippen molar-refractivity contribution in [2.24, 2.45) is 0 Å². The van der Waals surface area contributed by atoms with Gasteiger partial charge in [0.15, 0.2) is 11.6 Å². The molecule has 0 spiro atoms. The molecule has 0 saturated carbocycles. The Morgan fingerprint density at radius 2 is 2.00 bits per heavy atom. The van der Waals surface area contributed by atoms with Crippen LogP contribution in [-0.4, -0.2) is 15.0 Å². The third-order valence-corrected chi connectivity index (χ3v) is 3.49. The van der Waals surface area contributed by atoms with Gasteiger partial charge >= 0.3 is 0 Å². The molecule has 0 amide bonds. The standard InChI is InChI=1S/C11H10ClF2NO3S/c12-19(16,17)10-7-8(13)6-9(14)11(10)18-5-3-1-2-4-15/h6-7H,1-3,5H2. The van der Waals surface area contributed by atoms with Crippen LogP contribution in [0.3, 0.4) is 0 Å². The van der Waals surface area contributed by atoms with Gasteiger partial charge in [-0.3, -0.25) is 0 Å². The first-order chi connectivity index (χ1) is 8.86. The normalized spacial score (nSPS) is 11.1. The highest BCUT2D eigenvalue weighted by atomic mass is 35.7. The minimum atomic E-state index is -4.31. The maximum absolute atomic E-state index is 13.5. The molecular weight excluding hydrogens is 300 g/mol. The van der Waals surface area contributed by atoms with Gasteiger partial charge in [-0.15, -0.1) is 0 Å². The quantitative estimate of drug-likeness (QED) is 0.598. The van der Waals surface area contributed by atoms with Gasteiger partial charge in [0.1, 0.15) is 10.7 Å². The molecule has 0 N–H and O–H groups in total. The summed E-state index contributed by atoms with van der Waals surface area (Å²) < 4.78 is 53.8. The van der Waals surface area contributed by atoms with Crippen LogP contribution >= 0.6 is 10.7 Å². The Morgan fingerprint density at radius 1 is 1.32 bits per heavy atom. The second-order valence-electron chi connectivity index (χ2n) is 3.62. The van der Waals surface area contributed by atoms with E-state index in [4.69, 9.17) is 20.7 Å². The predicted octanol–water partition coefficient (Wildman–Crippen LogP) is 2.96. The van der Waals surface area contributed by atoms with Gasteiger partial charge in [-0.1, -0.05) is 0 Å². The van der Waals surface area contributed by atoms with Crippen molar-refractivity contribution in [3.05, 3.63) is 23.8 Å². The zero-order valence-corrected chi connectivity index (χ0v) is 11.3. The summed E-state index contributed by atoms with van der Waals surface area (Å²) in [5.41, 5.74) is 0. The first-order valence-corrected chi connectivity index (χ1v) is 7.60. The van der Waals surface area contributed by atoms with E-state index in [1.165, 1.54) is 0 Å². The maximum atomic E-state index is 13.5. The lowest BCUT2D eigenvalue weighted by Crippen LogP contribution is -2.05. The molecule has 104 valence electrons. The van der Waals surface area contributed by atoms with Crippen LogP contribution in [0, 0.1) is 23.0 Å². The Bertz CT molecular complexity index is 599. The second-order valence-corrected chi connectivity index (χ2v) is 6.15. The molecule has 1 aromatic rings. The third kappa shape index (κ3) is 4.65. The van der Waals surface area contributed by atoms with E-state index >= 15 is 0 Å². The summed E-state index contributed by atoms with van der Waals surface area (Å²) in [6.07, 6.45) is 1.28. The van der Waals surface area contributed by atoms with Crippen LogP contribution in [-0.2, 0) is 9.05 Å². The topological polar surface area (TPSA) is 67.2 Å². The smallest absolute Gasteiger partial charge is 0.265 e. The van der Waals surface area contributed by atoms with Gasteiger partial charge in [-0.05, 0) is 18.9 Å². The van der Waals surface area contributed by atoms with Crippen LogP contribution in [0.2, 0.25) is 0 Å². The lowest BCUT2D eigenvalue weighted by Gasteiger charge is -2.10. The molecule has 0 aliphatic carbocycles. The fraction of sp³-hybridized carbons (Fsp3) is 0.364. The molecule has 0 aliphatic rings. The van der Waals surface area contributed by atoms with E-state index in [0.29, 0.717) is 31.4 Å². The number of halogens is 3. The molecule has 0 saturated heterocycles. The Hall–Kier alpha value is -1.39. The van der Waals surface area contributed by atoms with Crippen LogP contribution in [0.15, 0.2) is 17.0 Å². The Balaban J connectivity index is 2.91. The van der Waals surface area contributed by atoms with Crippen LogP contribution in [0.1, 0.15) is 19.3 Å². The highest BCUT2D eigenvalue weighted by molar-refractivity contribution is 8.13. The van der Waals surface area contributed by atoms with E-state index in [1.54, 1.807) is 0 Å². The van der Waals surface area contributed by atoms with Crippen molar-refractivity contribution in [2.75, 3.05) is 6.61 Å². The molecule has 0 bridgehead atoms. The van der Waals surface area contributed by atoms with Crippen LogP contribution < -0.4 is 4.74 Å². The first-order valence-electron chi connectivity index (χ1n) is 5.29. The first kappa shape index (κ1) is 15.7. The van der Waals surface area contributed by atoms with E-state index < -0.39 is 31.3 Å². The average molecular weight is 310 g/mol. The highest BCUT2D eigenvalue weighted by Crippen LogP contribution is 2.31. The molecule has 0 heterocycles. The average Bonchev–Trinajstić information content (AvgIpc) is 2.29. The summed E-state index contributed by atoms with van der Waals surface area (Å²) in [6, 6.07) is 3.03. The summed E-state index contributed by atoms with van der Waals surface area (Å²) in [5.74, 6) is -2.80. The number of nitriles is 1. The Labute approximate surface area is 114 Å². The van der Waals surface area contributed by atoms with Gasteiger partial charge in [-0.25, -0.2) is 17.2 Å².